The molecule has 2 atom stereocenters. The van der Waals surface area contributed by atoms with Crippen molar-refractivity contribution in [3.8, 4) is 0 Å². The van der Waals surface area contributed by atoms with E-state index in [4.69, 9.17) is 9.47 Å². The monoisotopic (exact) mass is 241 g/mol. The number of amides is 1. The van der Waals surface area contributed by atoms with E-state index in [-0.39, 0.29) is 17.6 Å². The Balaban J connectivity index is 1.92. The van der Waals surface area contributed by atoms with Crippen LogP contribution in [0.15, 0.2) is 0 Å². The van der Waals surface area contributed by atoms with Crippen LogP contribution in [0.25, 0.3) is 0 Å². The van der Waals surface area contributed by atoms with Gasteiger partial charge in [0.15, 0.2) is 6.10 Å². The fourth-order valence-corrected chi connectivity index (χ4v) is 2.30. The standard InChI is InChI=1S/C12H19NO4/c1-2-9-7-13(4-3-10(9)14)12(15)11-8-16-5-6-17-11/h9,11H,2-8H2,1H3. The van der Waals surface area contributed by atoms with Crippen molar-refractivity contribution in [3.63, 3.8) is 0 Å². The molecular formula is C12H19NO4. The number of nitrogens with zero attached hydrogens (tertiary/aromatic N) is 1. The third-order valence-electron chi connectivity index (χ3n) is 3.42. The first-order valence-electron chi connectivity index (χ1n) is 6.23. The molecule has 96 valence electrons. The van der Waals surface area contributed by atoms with Crippen LogP contribution < -0.4 is 0 Å². The zero-order valence-corrected chi connectivity index (χ0v) is 10.2. The van der Waals surface area contributed by atoms with E-state index in [9.17, 15) is 9.59 Å². The number of carbonyl (C=O) groups is 2. The van der Waals surface area contributed by atoms with Crippen molar-refractivity contribution in [2.75, 3.05) is 32.9 Å². The van der Waals surface area contributed by atoms with Crippen molar-refractivity contribution < 1.29 is 19.1 Å². The number of hydrogen-bond acceptors (Lipinski definition) is 4. The third-order valence-corrected chi connectivity index (χ3v) is 3.42. The predicted octanol–water partition coefficient (Wildman–Crippen LogP) is 0.229. The van der Waals surface area contributed by atoms with Crippen LogP contribution in [-0.4, -0.2) is 55.6 Å². The van der Waals surface area contributed by atoms with Crippen LogP contribution in [0.1, 0.15) is 19.8 Å². The first kappa shape index (κ1) is 12.5. The molecule has 0 N–H and O–H groups in total. The number of Topliss-reactive ketones (excluding diaryl/α,β-unsaturated/α-hetero) is 1. The van der Waals surface area contributed by atoms with Gasteiger partial charge in [-0.05, 0) is 6.42 Å². The maximum Gasteiger partial charge on any atom is 0.254 e. The molecule has 0 aromatic rings. The van der Waals surface area contributed by atoms with Gasteiger partial charge in [0, 0.05) is 25.4 Å². The number of piperidine rings is 1. The lowest BCUT2D eigenvalue weighted by Crippen LogP contribution is -2.50. The van der Waals surface area contributed by atoms with E-state index in [1.807, 2.05) is 6.92 Å². The van der Waals surface area contributed by atoms with Crippen molar-refractivity contribution in [1.29, 1.82) is 0 Å². The number of carbonyl (C=O) groups excluding carboxylic acids is 2. The number of ketones is 1. The summed E-state index contributed by atoms with van der Waals surface area (Å²) in [6.07, 6.45) is 0.789. The minimum Gasteiger partial charge on any atom is -0.376 e. The Hall–Kier alpha value is -0.940. The molecule has 17 heavy (non-hydrogen) atoms. The van der Waals surface area contributed by atoms with Gasteiger partial charge in [0.05, 0.1) is 19.8 Å². The summed E-state index contributed by atoms with van der Waals surface area (Å²) in [4.78, 5) is 25.5. The van der Waals surface area contributed by atoms with Gasteiger partial charge in [-0.15, -0.1) is 0 Å². The number of ether oxygens (including phenoxy) is 2. The SMILES string of the molecule is CCC1CN(C(=O)C2COCCO2)CCC1=O. The molecule has 2 fully saturated rings. The summed E-state index contributed by atoms with van der Waals surface area (Å²) in [5, 5.41) is 0. The van der Waals surface area contributed by atoms with Gasteiger partial charge in [-0.1, -0.05) is 6.92 Å². The second-order valence-corrected chi connectivity index (χ2v) is 4.54. The molecule has 0 aromatic carbocycles. The minimum atomic E-state index is -0.477. The van der Waals surface area contributed by atoms with Crippen LogP contribution in [-0.2, 0) is 19.1 Å². The normalized spacial score (nSPS) is 30.4. The van der Waals surface area contributed by atoms with E-state index in [1.165, 1.54) is 0 Å². The van der Waals surface area contributed by atoms with Crippen LogP contribution in [0.3, 0.4) is 0 Å². The maximum atomic E-state index is 12.1. The Morgan fingerprint density at radius 1 is 1.47 bits per heavy atom. The molecule has 5 heteroatoms. The molecule has 2 unspecified atom stereocenters. The highest BCUT2D eigenvalue weighted by Crippen LogP contribution is 2.18. The first-order valence-corrected chi connectivity index (χ1v) is 6.23. The second kappa shape index (κ2) is 5.60. The van der Waals surface area contributed by atoms with Crippen LogP contribution in [0.4, 0.5) is 0 Å². The molecule has 5 nitrogen and oxygen atoms in total. The fourth-order valence-electron chi connectivity index (χ4n) is 2.30. The van der Waals surface area contributed by atoms with Crippen LogP contribution >= 0.6 is 0 Å². The van der Waals surface area contributed by atoms with Crippen LogP contribution in [0, 0.1) is 5.92 Å². The second-order valence-electron chi connectivity index (χ2n) is 4.54. The van der Waals surface area contributed by atoms with E-state index in [0.29, 0.717) is 39.3 Å². The minimum absolute atomic E-state index is 0.00258. The highest BCUT2D eigenvalue weighted by Gasteiger charge is 2.33. The van der Waals surface area contributed by atoms with Crippen molar-refractivity contribution in [3.05, 3.63) is 0 Å². The molecule has 0 saturated carbocycles. The van der Waals surface area contributed by atoms with E-state index >= 15 is 0 Å². The molecule has 0 aromatic heterocycles. The Morgan fingerprint density at radius 2 is 2.29 bits per heavy atom. The quantitative estimate of drug-likeness (QED) is 0.694. The van der Waals surface area contributed by atoms with Crippen LogP contribution in [0.5, 0.6) is 0 Å². The summed E-state index contributed by atoms with van der Waals surface area (Å²) in [6, 6.07) is 0. The topological polar surface area (TPSA) is 55.8 Å². The predicted molar refractivity (Wildman–Crippen MR) is 60.5 cm³/mol. The molecule has 0 aliphatic carbocycles. The van der Waals surface area contributed by atoms with E-state index in [0.717, 1.165) is 6.42 Å². The summed E-state index contributed by atoms with van der Waals surface area (Å²) in [7, 11) is 0. The van der Waals surface area contributed by atoms with Crippen molar-refractivity contribution in [2.45, 2.75) is 25.9 Å². The molecule has 0 radical (unpaired) electrons. The highest BCUT2D eigenvalue weighted by molar-refractivity contribution is 5.86. The fraction of sp³-hybridized carbons (Fsp3) is 0.833. The van der Waals surface area contributed by atoms with Gasteiger partial charge in [-0.2, -0.15) is 0 Å². The van der Waals surface area contributed by atoms with Gasteiger partial charge < -0.3 is 14.4 Å². The van der Waals surface area contributed by atoms with Gasteiger partial charge in [0.25, 0.3) is 5.91 Å². The summed E-state index contributed by atoms with van der Waals surface area (Å²) < 4.78 is 10.6. The molecule has 2 heterocycles. The van der Waals surface area contributed by atoms with Gasteiger partial charge in [-0.3, -0.25) is 9.59 Å². The third kappa shape index (κ3) is 2.84. The summed E-state index contributed by atoms with van der Waals surface area (Å²) in [6.45, 7) is 4.40. The van der Waals surface area contributed by atoms with E-state index < -0.39 is 6.10 Å². The molecule has 2 aliphatic heterocycles. The molecule has 2 saturated heterocycles. The Bertz CT molecular complexity index is 299. The lowest BCUT2D eigenvalue weighted by atomic mass is 9.94. The van der Waals surface area contributed by atoms with Crippen LogP contribution in [0.2, 0.25) is 0 Å². The van der Waals surface area contributed by atoms with Crippen molar-refractivity contribution in [1.82, 2.24) is 4.90 Å². The Morgan fingerprint density at radius 3 is 2.94 bits per heavy atom. The Labute approximate surface area is 101 Å². The Kier molecular flexibility index (Phi) is 4.12. The summed E-state index contributed by atoms with van der Waals surface area (Å²) in [5.74, 6) is 0.241. The molecule has 2 aliphatic rings. The zero-order valence-electron chi connectivity index (χ0n) is 10.2. The lowest BCUT2D eigenvalue weighted by molar-refractivity contribution is -0.160. The zero-order chi connectivity index (χ0) is 12.3. The van der Waals surface area contributed by atoms with Gasteiger partial charge in [-0.25, -0.2) is 0 Å². The molecule has 2 rings (SSSR count). The molecule has 1 amide bonds. The van der Waals surface area contributed by atoms with Crippen molar-refractivity contribution >= 4 is 11.7 Å². The lowest BCUT2D eigenvalue weighted by Gasteiger charge is -2.34. The smallest absolute Gasteiger partial charge is 0.254 e. The van der Waals surface area contributed by atoms with Crippen molar-refractivity contribution in [2.24, 2.45) is 5.92 Å². The summed E-state index contributed by atoms with van der Waals surface area (Å²) >= 11 is 0. The molecular weight excluding hydrogens is 222 g/mol. The maximum absolute atomic E-state index is 12.1. The number of likely N-dealkylation sites (tertiary alicyclic amines) is 1. The average Bonchev–Trinajstić information content (AvgIpc) is 2.39. The summed E-state index contributed by atoms with van der Waals surface area (Å²) in [5.41, 5.74) is 0. The van der Waals surface area contributed by atoms with Gasteiger partial charge >= 0.3 is 0 Å². The molecule has 0 bridgehead atoms. The van der Waals surface area contributed by atoms with Gasteiger partial charge in [0.1, 0.15) is 5.78 Å². The average molecular weight is 241 g/mol. The number of rotatable bonds is 2. The first-order chi connectivity index (χ1) is 8.22. The molecule has 0 spiro atoms. The van der Waals surface area contributed by atoms with Gasteiger partial charge in [0.2, 0.25) is 0 Å². The van der Waals surface area contributed by atoms with E-state index in [1.54, 1.807) is 4.90 Å². The van der Waals surface area contributed by atoms with E-state index in [2.05, 4.69) is 0 Å². The highest BCUT2D eigenvalue weighted by atomic mass is 16.6. The number of hydrogen-bond donors (Lipinski definition) is 0. The largest absolute Gasteiger partial charge is 0.376 e.